The summed E-state index contributed by atoms with van der Waals surface area (Å²) in [6, 6.07) is 11.7. The number of ether oxygens (including phenoxy) is 1. The smallest absolute Gasteiger partial charge is 0.348 e. The van der Waals surface area contributed by atoms with Crippen LogP contribution in [0.1, 0.15) is 54.6 Å². The van der Waals surface area contributed by atoms with Crippen molar-refractivity contribution in [3.05, 3.63) is 58.6 Å². The van der Waals surface area contributed by atoms with Gasteiger partial charge in [-0.25, -0.2) is 18.2 Å². The van der Waals surface area contributed by atoms with Crippen molar-refractivity contribution in [1.29, 1.82) is 0 Å². The minimum absolute atomic E-state index is 0.0397. The summed E-state index contributed by atoms with van der Waals surface area (Å²) in [5, 5.41) is 10.8. The molecule has 13 heteroatoms. The molecule has 1 aromatic carbocycles. The third-order valence-electron chi connectivity index (χ3n) is 9.52. The summed E-state index contributed by atoms with van der Waals surface area (Å²) in [5.74, 6) is -0.805. The number of benzene rings is 1. The lowest BCUT2D eigenvalue weighted by Gasteiger charge is -2.44. The number of carboxylic acids is 1. The van der Waals surface area contributed by atoms with Crippen molar-refractivity contribution in [1.82, 2.24) is 9.29 Å². The van der Waals surface area contributed by atoms with Gasteiger partial charge >= 0.3 is 5.97 Å². The lowest BCUT2D eigenvalue weighted by molar-refractivity contribution is -0.121. The van der Waals surface area contributed by atoms with Gasteiger partial charge in [0.05, 0.1) is 30.5 Å². The Hall–Kier alpha value is -3.03. The maximum Gasteiger partial charge on any atom is 0.348 e. The Morgan fingerprint density at radius 1 is 0.978 bits per heavy atom. The standard InChI is InChI=1S/C32H35ClN4O6S2/c33-22-8-6-21(7-9-22)28-14-26(31(44-28)32(39)40)37-27(20-4-2-1-3-5-20)18-36(19-30(37)38)45(41,42)25-12-13-29(34-15-25)35-16-23-10-11-24(17-35)43-23/h6-9,12-15,20,23-24,27H,1-5,10-11,16-19H2,(H,39,40)/t23-,24?,27?/m1/s1. The number of halogens is 1. The largest absolute Gasteiger partial charge is 0.477 e. The van der Waals surface area contributed by atoms with Crippen molar-refractivity contribution in [3.63, 3.8) is 0 Å². The van der Waals surface area contributed by atoms with Crippen LogP contribution in [0.3, 0.4) is 0 Å². The van der Waals surface area contributed by atoms with Crippen molar-refractivity contribution in [2.75, 3.05) is 36.0 Å². The first-order valence-electron chi connectivity index (χ1n) is 15.5. The molecule has 0 spiro atoms. The average Bonchev–Trinajstić information content (AvgIpc) is 3.64. The molecule has 1 aliphatic carbocycles. The Balaban J connectivity index is 1.19. The number of hydrogen-bond donors (Lipinski definition) is 1. The fourth-order valence-electron chi connectivity index (χ4n) is 7.27. The Kier molecular flexibility index (Phi) is 8.36. The molecule has 1 N–H and O–H groups in total. The van der Waals surface area contributed by atoms with E-state index >= 15 is 0 Å². The van der Waals surface area contributed by atoms with Crippen LogP contribution in [0.25, 0.3) is 10.4 Å². The third-order valence-corrected chi connectivity index (χ3v) is 12.7. The van der Waals surface area contributed by atoms with Crippen LogP contribution in [0.15, 0.2) is 53.6 Å². The zero-order chi connectivity index (χ0) is 31.3. The molecule has 10 nitrogen and oxygen atoms in total. The minimum atomic E-state index is -4.04. The average molecular weight is 671 g/mol. The number of thiophene rings is 1. The molecule has 1 saturated carbocycles. The fourth-order valence-corrected chi connectivity index (χ4v) is 9.75. The van der Waals surface area contributed by atoms with Crippen molar-refractivity contribution in [3.8, 4) is 10.4 Å². The maximum atomic E-state index is 14.0. The number of pyridine rings is 1. The number of aromatic carboxylic acids is 1. The molecule has 238 valence electrons. The molecule has 3 saturated heterocycles. The number of carbonyl (C=O) groups is 2. The Bertz CT molecular complexity index is 1680. The van der Waals surface area contributed by atoms with Gasteiger partial charge in [0.2, 0.25) is 15.9 Å². The zero-order valence-corrected chi connectivity index (χ0v) is 27.1. The number of carbonyl (C=O) groups excluding carboxylic acids is 1. The summed E-state index contributed by atoms with van der Waals surface area (Å²) in [4.78, 5) is 35.5. The van der Waals surface area contributed by atoms with Crippen molar-refractivity contribution >= 4 is 56.3 Å². The molecule has 7 rings (SSSR count). The quantitative estimate of drug-likeness (QED) is 0.349. The van der Waals surface area contributed by atoms with E-state index in [2.05, 4.69) is 9.88 Å². The van der Waals surface area contributed by atoms with E-state index in [0.717, 1.165) is 74.9 Å². The number of amides is 1. The molecular formula is C32H35ClN4O6S2. The molecule has 4 fully saturated rings. The number of fused-ring (bicyclic) bond motifs is 2. The molecule has 3 aliphatic heterocycles. The van der Waals surface area contributed by atoms with E-state index in [0.29, 0.717) is 21.4 Å². The Morgan fingerprint density at radius 3 is 2.33 bits per heavy atom. The second-order valence-electron chi connectivity index (χ2n) is 12.4. The van der Waals surface area contributed by atoms with Crippen LogP contribution in [-0.2, 0) is 19.6 Å². The predicted molar refractivity (Wildman–Crippen MR) is 173 cm³/mol. The van der Waals surface area contributed by atoms with Gasteiger partial charge in [0, 0.05) is 35.7 Å². The number of carboxylic acid groups (broad SMARTS) is 1. The number of hydrogen-bond acceptors (Lipinski definition) is 8. The number of aromatic nitrogens is 1. The van der Waals surface area contributed by atoms with E-state index in [1.165, 1.54) is 10.5 Å². The monoisotopic (exact) mass is 670 g/mol. The van der Waals surface area contributed by atoms with E-state index in [4.69, 9.17) is 16.3 Å². The van der Waals surface area contributed by atoms with Gasteiger partial charge in [0.1, 0.15) is 15.6 Å². The highest BCUT2D eigenvalue weighted by molar-refractivity contribution is 7.89. The number of anilines is 2. The van der Waals surface area contributed by atoms with Crippen molar-refractivity contribution < 1.29 is 27.9 Å². The fraction of sp³-hybridized carbons (Fsp3) is 0.469. The minimum Gasteiger partial charge on any atom is -0.477 e. The third kappa shape index (κ3) is 5.98. The number of rotatable bonds is 7. The number of sulfonamides is 1. The van der Waals surface area contributed by atoms with E-state index in [1.807, 2.05) is 12.1 Å². The van der Waals surface area contributed by atoms with Crippen molar-refractivity contribution in [2.24, 2.45) is 5.92 Å². The summed E-state index contributed by atoms with van der Waals surface area (Å²) in [5.41, 5.74) is 1.11. The number of piperazine rings is 1. The highest BCUT2D eigenvalue weighted by Crippen LogP contribution is 2.42. The van der Waals surface area contributed by atoms with E-state index < -0.39 is 27.9 Å². The molecule has 2 unspecified atom stereocenters. The second kappa shape index (κ2) is 12.3. The molecule has 0 radical (unpaired) electrons. The Morgan fingerprint density at radius 2 is 1.69 bits per heavy atom. The van der Waals surface area contributed by atoms with Gasteiger partial charge in [-0.2, -0.15) is 4.31 Å². The van der Waals surface area contributed by atoms with Gasteiger partial charge < -0.3 is 19.6 Å². The molecular weight excluding hydrogens is 636 g/mol. The van der Waals surface area contributed by atoms with Crippen LogP contribution in [0.5, 0.6) is 0 Å². The van der Waals surface area contributed by atoms with Crippen LogP contribution >= 0.6 is 22.9 Å². The number of nitrogens with zero attached hydrogens (tertiary/aromatic N) is 4. The lowest BCUT2D eigenvalue weighted by Crippen LogP contribution is -2.60. The topological polar surface area (TPSA) is 120 Å². The summed E-state index contributed by atoms with van der Waals surface area (Å²) >= 11 is 7.18. The van der Waals surface area contributed by atoms with Gasteiger partial charge in [0.25, 0.3) is 0 Å². The second-order valence-corrected chi connectivity index (χ2v) is 15.8. The SMILES string of the molecule is O=C(O)c1sc(-c2ccc(Cl)cc2)cc1N1C(=O)CN(S(=O)(=O)c2ccc(N3CC4CC[C@H](C3)O4)nc2)CC1C1CCCCC1. The van der Waals surface area contributed by atoms with Crippen molar-refractivity contribution in [2.45, 2.75) is 68.1 Å². The molecule has 3 atom stereocenters. The molecule has 4 aliphatic rings. The normalized spacial score (nSPS) is 24.7. The van der Waals surface area contributed by atoms with E-state index in [-0.39, 0.29) is 41.0 Å². The first-order chi connectivity index (χ1) is 21.7. The van der Waals surface area contributed by atoms with Gasteiger partial charge in [0.15, 0.2) is 0 Å². The molecule has 45 heavy (non-hydrogen) atoms. The molecule has 3 aromatic rings. The number of morpholine rings is 1. The van der Waals surface area contributed by atoms with Gasteiger partial charge in [-0.1, -0.05) is 43.0 Å². The predicted octanol–water partition coefficient (Wildman–Crippen LogP) is 5.52. The van der Waals surface area contributed by atoms with Gasteiger partial charge in [-0.05, 0) is 67.5 Å². The van der Waals surface area contributed by atoms with Crippen LogP contribution in [-0.4, -0.2) is 79.1 Å². The molecule has 5 heterocycles. The van der Waals surface area contributed by atoms with Crippen LogP contribution < -0.4 is 9.80 Å². The van der Waals surface area contributed by atoms with Gasteiger partial charge in [-0.15, -0.1) is 11.3 Å². The first kappa shape index (κ1) is 30.6. The highest BCUT2D eigenvalue weighted by atomic mass is 35.5. The first-order valence-corrected chi connectivity index (χ1v) is 18.1. The Labute approximate surface area is 271 Å². The van der Waals surface area contributed by atoms with Crippen LogP contribution in [0.4, 0.5) is 11.5 Å². The molecule has 2 bridgehead atoms. The van der Waals surface area contributed by atoms with Crippen LogP contribution in [0.2, 0.25) is 5.02 Å². The summed E-state index contributed by atoms with van der Waals surface area (Å²) in [6.45, 7) is 1.16. The lowest BCUT2D eigenvalue weighted by atomic mass is 9.82. The summed E-state index contributed by atoms with van der Waals surface area (Å²) in [6.07, 6.45) is 8.53. The van der Waals surface area contributed by atoms with E-state index in [1.54, 1.807) is 35.2 Å². The molecule has 2 aromatic heterocycles. The zero-order valence-electron chi connectivity index (χ0n) is 24.7. The summed E-state index contributed by atoms with van der Waals surface area (Å²) < 4.78 is 35.1. The van der Waals surface area contributed by atoms with Gasteiger partial charge in [-0.3, -0.25) is 4.79 Å². The molecule has 1 amide bonds. The maximum absolute atomic E-state index is 14.0. The van der Waals surface area contributed by atoms with Crippen LogP contribution in [0, 0.1) is 5.92 Å². The summed E-state index contributed by atoms with van der Waals surface area (Å²) in [7, 11) is -4.04. The highest BCUT2D eigenvalue weighted by Gasteiger charge is 2.44. The van der Waals surface area contributed by atoms with E-state index in [9.17, 15) is 23.1 Å².